The molecule has 2 aromatic rings. The van der Waals surface area contributed by atoms with E-state index >= 15 is 0 Å². The summed E-state index contributed by atoms with van der Waals surface area (Å²) in [5.41, 5.74) is -0.114. The quantitative estimate of drug-likeness (QED) is 0.899. The molecule has 0 spiro atoms. The van der Waals surface area contributed by atoms with Gasteiger partial charge < -0.3 is 0 Å². The van der Waals surface area contributed by atoms with Crippen LogP contribution in [-0.2, 0) is 6.18 Å². The lowest BCUT2D eigenvalue weighted by Crippen LogP contribution is -2.18. The minimum Gasteiger partial charge on any atom is -0.296 e. The number of amides is 1. The average molecular weight is 352 g/mol. The van der Waals surface area contributed by atoms with E-state index < -0.39 is 23.2 Å². The second-order valence-corrected chi connectivity index (χ2v) is 5.13. The molecule has 4 nitrogen and oxygen atoms in total. The van der Waals surface area contributed by atoms with Crippen LogP contribution in [0.5, 0.6) is 0 Å². The van der Waals surface area contributed by atoms with Crippen molar-refractivity contribution in [3.05, 3.63) is 39.3 Å². The van der Waals surface area contributed by atoms with E-state index in [9.17, 15) is 18.0 Å². The molecule has 9 heteroatoms. The largest absolute Gasteiger partial charge is 0.417 e. The molecule has 0 radical (unpaired) electrons. The molecule has 0 bridgehead atoms. The van der Waals surface area contributed by atoms with Crippen LogP contribution in [0, 0.1) is 0 Å². The molecule has 1 heterocycles. The van der Waals surface area contributed by atoms with Crippen molar-refractivity contribution in [1.29, 1.82) is 0 Å². The normalized spacial score (nSPS) is 11.4. The van der Waals surface area contributed by atoms with Crippen LogP contribution in [0.3, 0.4) is 0 Å². The van der Waals surface area contributed by atoms with Gasteiger partial charge in [0.25, 0.3) is 5.91 Å². The Bertz CT molecular complexity index is 601. The smallest absolute Gasteiger partial charge is 0.296 e. The summed E-state index contributed by atoms with van der Waals surface area (Å²) in [6.45, 7) is 0. The maximum absolute atomic E-state index is 12.8. The van der Waals surface area contributed by atoms with Crippen molar-refractivity contribution >= 4 is 38.3 Å². The third-order valence-electron chi connectivity index (χ3n) is 2.11. The van der Waals surface area contributed by atoms with Crippen molar-refractivity contribution in [3.8, 4) is 0 Å². The molecule has 1 amide bonds. The lowest BCUT2D eigenvalue weighted by atomic mass is 10.1. The first-order chi connectivity index (χ1) is 8.88. The fourth-order valence-electron chi connectivity index (χ4n) is 1.34. The Hall–Kier alpha value is -1.48. The van der Waals surface area contributed by atoms with Gasteiger partial charge in [0.2, 0.25) is 5.13 Å². The van der Waals surface area contributed by atoms with Crippen LogP contribution in [0.4, 0.5) is 18.3 Å². The lowest BCUT2D eigenvalue weighted by molar-refractivity contribution is -0.137. The number of rotatable bonds is 2. The Labute approximate surface area is 117 Å². The molecular formula is C10H5BrF3N3OS. The van der Waals surface area contributed by atoms with Crippen molar-refractivity contribution in [1.82, 2.24) is 10.2 Å². The van der Waals surface area contributed by atoms with Crippen LogP contribution < -0.4 is 5.32 Å². The highest BCUT2D eigenvalue weighted by atomic mass is 79.9. The summed E-state index contributed by atoms with van der Waals surface area (Å²) in [5.74, 6) is -0.878. The minimum absolute atomic E-state index is 0.140. The Morgan fingerprint density at radius 1 is 1.37 bits per heavy atom. The number of hydrogen-bond acceptors (Lipinski definition) is 4. The van der Waals surface area contributed by atoms with Gasteiger partial charge in [0, 0.05) is 4.47 Å². The zero-order chi connectivity index (χ0) is 14.0. The van der Waals surface area contributed by atoms with E-state index in [2.05, 4.69) is 31.4 Å². The van der Waals surface area contributed by atoms with Crippen molar-refractivity contribution in [3.63, 3.8) is 0 Å². The van der Waals surface area contributed by atoms with E-state index in [1.807, 2.05) is 0 Å². The van der Waals surface area contributed by atoms with Gasteiger partial charge in [-0.3, -0.25) is 10.1 Å². The maximum Gasteiger partial charge on any atom is 0.417 e. The molecule has 0 saturated heterocycles. The molecule has 0 aliphatic heterocycles. The second kappa shape index (κ2) is 5.25. The van der Waals surface area contributed by atoms with E-state index in [1.165, 1.54) is 11.6 Å². The monoisotopic (exact) mass is 351 g/mol. The Kier molecular flexibility index (Phi) is 3.85. The van der Waals surface area contributed by atoms with Crippen molar-refractivity contribution in [2.45, 2.75) is 6.18 Å². The Morgan fingerprint density at radius 2 is 2.11 bits per heavy atom. The number of benzene rings is 1. The average Bonchev–Trinajstić information content (AvgIpc) is 2.80. The molecule has 100 valence electrons. The number of nitrogens with one attached hydrogen (secondary N) is 1. The fraction of sp³-hybridized carbons (Fsp3) is 0.100. The number of carbonyl (C=O) groups is 1. The number of halogens is 4. The first-order valence-electron chi connectivity index (χ1n) is 4.82. The summed E-state index contributed by atoms with van der Waals surface area (Å²) >= 11 is 3.96. The van der Waals surface area contributed by atoms with E-state index in [1.54, 1.807) is 0 Å². The zero-order valence-corrected chi connectivity index (χ0v) is 11.4. The van der Waals surface area contributed by atoms with Gasteiger partial charge in [0.05, 0.1) is 11.1 Å². The van der Waals surface area contributed by atoms with E-state index in [4.69, 9.17) is 0 Å². The van der Waals surface area contributed by atoms with E-state index in [0.717, 1.165) is 23.5 Å². The van der Waals surface area contributed by atoms with Crippen LogP contribution in [0.15, 0.2) is 28.2 Å². The van der Waals surface area contributed by atoms with Gasteiger partial charge in [0.1, 0.15) is 5.51 Å². The van der Waals surface area contributed by atoms with E-state index in [0.29, 0.717) is 0 Å². The number of carbonyl (C=O) groups excluding carboxylic acids is 1. The third-order valence-corrected chi connectivity index (χ3v) is 3.21. The number of anilines is 1. The lowest BCUT2D eigenvalue weighted by Gasteiger charge is -2.12. The van der Waals surface area contributed by atoms with Gasteiger partial charge in [-0.2, -0.15) is 13.2 Å². The minimum atomic E-state index is -4.61. The van der Waals surface area contributed by atoms with Gasteiger partial charge in [-0.05, 0) is 18.2 Å². The van der Waals surface area contributed by atoms with Gasteiger partial charge in [-0.15, -0.1) is 10.2 Å². The molecule has 2 rings (SSSR count). The molecular weight excluding hydrogens is 347 g/mol. The summed E-state index contributed by atoms with van der Waals surface area (Å²) in [7, 11) is 0. The summed E-state index contributed by atoms with van der Waals surface area (Å²) in [6, 6.07) is 3.32. The highest BCUT2D eigenvalue weighted by Crippen LogP contribution is 2.34. The van der Waals surface area contributed by atoms with Gasteiger partial charge in [-0.1, -0.05) is 27.3 Å². The van der Waals surface area contributed by atoms with Crippen molar-refractivity contribution in [2.24, 2.45) is 0 Å². The topological polar surface area (TPSA) is 54.9 Å². The predicted octanol–water partition coefficient (Wildman–Crippen LogP) is 3.57. The second-order valence-electron chi connectivity index (χ2n) is 3.39. The Morgan fingerprint density at radius 3 is 2.68 bits per heavy atom. The van der Waals surface area contributed by atoms with Crippen LogP contribution in [0.1, 0.15) is 15.9 Å². The van der Waals surface area contributed by atoms with Crippen molar-refractivity contribution < 1.29 is 18.0 Å². The first-order valence-corrected chi connectivity index (χ1v) is 6.49. The highest BCUT2D eigenvalue weighted by molar-refractivity contribution is 9.10. The molecule has 1 N–H and O–H groups in total. The molecule has 0 aliphatic rings. The summed E-state index contributed by atoms with van der Waals surface area (Å²) in [6.07, 6.45) is -4.61. The number of alkyl halides is 3. The number of nitrogens with zero attached hydrogens (tertiary/aromatic N) is 2. The first kappa shape index (κ1) is 13.9. The van der Waals surface area contributed by atoms with Crippen molar-refractivity contribution in [2.75, 3.05) is 5.32 Å². The summed E-state index contributed by atoms with van der Waals surface area (Å²) in [4.78, 5) is 11.8. The molecule has 0 fully saturated rings. The van der Waals surface area contributed by atoms with Crippen LogP contribution >= 0.6 is 27.3 Å². The molecule has 1 aromatic carbocycles. The molecule has 0 saturated carbocycles. The van der Waals surface area contributed by atoms with Crippen LogP contribution in [0.2, 0.25) is 0 Å². The van der Waals surface area contributed by atoms with Gasteiger partial charge in [-0.25, -0.2) is 0 Å². The predicted molar refractivity (Wildman–Crippen MR) is 67.0 cm³/mol. The maximum atomic E-state index is 12.8. The zero-order valence-electron chi connectivity index (χ0n) is 9.03. The standard InChI is InChI=1S/C10H5BrF3N3OS/c11-5-1-2-6(7(3-5)10(12,13)14)8(18)16-9-17-15-4-19-9/h1-4H,(H,16,17,18). The molecule has 0 aliphatic carbocycles. The number of hydrogen-bond donors (Lipinski definition) is 1. The molecule has 0 atom stereocenters. The fourth-order valence-corrected chi connectivity index (χ4v) is 2.14. The summed E-state index contributed by atoms with van der Waals surface area (Å²) in [5, 5.41) is 9.42. The summed E-state index contributed by atoms with van der Waals surface area (Å²) < 4.78 is 38.8. The third kappa shape index (κ3) is 3.29. The number of aromatic nitrogens is 2. The SMILES string of the molecule is O=C(Nc1nncs1)c1ccc(Br)cc1C(F)(F)F. The molecule has 19 heavy (non-hydrogen) atoms. The van der Waals surface area contributed by atoms with Gasteiger partial charge in [0.15, 0.2) is 0 Å². The van der Waals surface area contributed by atoms with E-state index in [-0.39, 0.29) is 9.60 Å². The highest BCUT2D eigenvalue weighted by Gasteiger charge is 2.35. The molecule has 1 aromatic heterocycles. The van der Waals surface area contributed by atoms with Crippen LogP contribution in [-0.4, -0.2) is 16.1 Å². The Balaban J connectivity index is 2.36. The molecule has 0 unspecified atom stereocenters. The van der Waals surface area contributed by atoms with Gasteiger partial charge >= 0.3 is 6.18 Å². The van der Waals surface area contributed by atoms with Crippen LogP contribution in [0.25, 0.3) is 0 Å².